The lowest BCUT2D eigenvalue weighted by Gasteiger charge is -2.16. The zero-order valence-corrected chi connectivity index (χ0v) is 13.4. The van der Waals surface area contributed by atoms with E-state index in [4.69, 9.17) is 4.74 Å². The van der Waals surface area contributed by atoms with Gasteiger partial charge in [-0.3, -0.25) is 4.68 Å². The number of fused-ring (bicyclic) bond motifs is 1. The minimum absolute atomic E-state index is 0.277. The van der Waals surface area contributed by atoms with Gasteiger partial charge in [0.1, 0.15) is 0 Å². The van der Waals surface area contributed by atoms with E-state index < -0.39 is 6.04 Å². The van der Waals surface area contributed by atoms with Crippen LogP contribution in [0.4, 0.5) is 0 Å². The van der Waals surface area contributed by atoms with E-state index in [1.165, 1.54) is 12.7 Å². The summed E-state index contributed by atoms with van der Waals surface area (Å²) < 4.78 is 6.80. The smallest absolute Gasteiger partial charge is 0.331 e. The maximum Gasteiger partial charge on any atom is 0.331 e. The first-order chi connectivity index (χ1) is 11.2. The number of ether oxygens (including phenoxy) is 1. The molecule has 0 aliphatic rings. The van der Waals surface area contributed by atoms with Crippen LogP contribution >= 0.6 is 0 Å². The van der Waals surface area contributed by atoms with E-state index in [-0.39, 0.29) is 5.97 Å². The SMILES string of the molecule is CCc1ccc2cnn(C(Cc3ccccc3)C(=O)OC)c2c1. The predicted octanol–water partition coefficient (Wildman–Crippen LogP) is 3.56. The number of methoxy groups -OCH3 is 1. The van der Waals surface area contributed by atoms with Crippen LogP contribution in [0.5, 0.6) is 0 Å². The van der Waals surface area contributed by atoms with Crippen LogP contribution in [0, 0.1) is 0 Å². The van der Waals surface area contributed by atoms with Crippen LogP contribution in [-0.4, -0.2) is 22.9 Å². The van der Waals surface area contributed by atoms with Crippen molar-refractivity contribution >= 4 is 16.9 Å². The quantitative estimate of drug-likeness (QED) is 0.677. The second kappa shape index (κ2) is 6.65. The first kappa shape index (κ1) is 15.3. The largest absolute Gasteiger partial charge is 0.467 e. The fraction of sp³-hybridized carbons (Fsp3) is 0.263. The minimum Gasteiger partial charge on any atom is -0.467 e. The van der Waals surface area contributed by atoms with E-state index >= 15 is 0 Å². The first-order valence-electron chi connectivity index (χ1n) is 7.81. The molecule has 1 unspecified atom stereocenters. The lowest BCUT2D eigenvalue weighted by Crippen LogP contribution is -2.24. The molecule has 118 valence electrons. The van der Waals surface area contributed by atoms with Crippen LogP contribution in [0.3, 0.4) is 0 Å². The number of hydrogen-bond donors (Lipinski definition) is 0. The predicted molar refractivity (Wildman–Crippen MR) is 90.3 cm³/mol. The van der Waals surface area contributed by atoms with E-state index in [9.17, 15) is 4.79 Å². The second-order valence-corrected chi connectivity index (χ2v) is 5.56. The molecule has 0 saturated carbocycles. The third-order valence-corrected chi connectivity index (χ3v) is 4.11. The Kier molecular flexibility index (Phi) is 4.42. The average Bonchev–Trinajstić information content (AvgIpc) is 3.02. The van der Waals surface area contributed by atoms with E-state index in [0.29, 0.717) is 6.42 Å². The summed E-state index contributed by atoms with van der Waals surface area (Å²) >= 11 is 0. The second-order valence-electron chi connectivity index (χ2n) is 5.56. The molecule has 0 spiro atoms. The standard InChI is InChI=1S/C19H20N2O2/c1-3-14-9-10-16-13-20-21(17(16)11-14)18(19(22)23-2)12-15-7-5-4-6-8-15/h4-11,13,18H,3,12H2,1-2H3. The molecule has 0 aliphatic heterocycles. The molecule has 0 radical (unpaired) electrons. The van der Waals surface area contributed by atoms with Crippen molar-refractivity contribution in [1.82, 2.24) is 9.78 Å². The molecular formula is C19H20N2O2. The van der Waals surface area contributed by atoms with Gasteiger partial charge in [-0.05, 0) is 23.6 Å². The van der Waals surface area contributed by atoms with Crippen molar-refractivity contribution in [2.24, 2.45) is 0 Å². The Morgan fingerprint density at radius 1 is 1.17 bits per heavy atom. The van der Waals surface area contributed by atoms with Gasteiger partial charge in [0.2, 0.25) is 0 Å². The van der Waals surface area contributed by atoms with Crippen LogP contribution < -0.4 is 0 Å². The molecule has 3 rings (SSSR count). The number of aryl methyl sites for hydroxylation is 1. The summed E-state index contributed by atoms with van der Waals surface area (Å²) in [5.74, 6) is -0.277. The van der Waals surface area contributed by atoms with Crippen molar-refractivity contribution in [1.29, 1.82) is 0 Å². The molecule has 3 aromatic rings. The van der Waals surface area contributed by atoms with E-state index in [2.05, 4.69) is 30.2 Å². The maximum absolute atomic E-state index is 12.3. The van der Waals surface area contributed by atoms with Crippen molar-refractivity contribution in [2.75, 3.05) is 7.11 Å². The van der Waals surface area contributed by atoms with Crippen molar-refractivity contribution in [2.45, 2.75) is 25.8 Å². The Morgan fingerprint density at radius 2 is 1.96 bits per heavy atom. The molecule has 0 amide bonds. The Morgan fingerprint density at radius 3 is 2.65 bits per heavy atom. The van der Waals surface area contributed by atoms with Gasteiger partial charge in [-0.1, -0.05) is 49.4 Å². The molecule has 0 bridgehead atoms. The van der Waals surface area contributed by atoms with Crippen molar-refractivity contribution < 1.29 is 9.53 Å². The lowest BCUT2D eigenvalue weighted by atomic mass is 10.1. The summed E-state index contributed by atoms with van der Waals surface area (Å²) in [7, 11) is 1.42. The maximum atomic E-state index is 12.3. The van der Waals surface area contributed by atoms with Crippen LogP contribution in [0.25, 0.3) is 10.9 Å². The monoisotopic (exact) mass is 308 g/mol. The van der Waals surface area contributed by atoms with Crippen LogP contribution in [0.2, 0.25) is 0 Å². The zero-order valence-electron chi connectivity index (χ0n) is 13.4. The minimum atomic E-state index is -0.466. The third kappa shape index (κ3) is 3.11. The highest BCUT2D eigenvalue weighted by atomic mass is 16.5. The van der Waals surface area contributed by atoms with E-state index in [1.807, 2.05) is 30.3 Å². The van der Waals surface area contributed by atoms with E-state index in [1.54, 1.807) is 10.9 Å². The fourth-order valence-electron chi connectivity index (χ4n) is 2.79. The molecule has 4 nitrogen and oxygen atoms in total. The molecule has 2 aromatic carbocycles. The molecule has 23 heavy (non-hydrogen) atoms. The number of benzene rings is 2. The first-order valence-corrected chi connectivity index (χ1v) is 7.81. The average molecular weight is 308 g/mol. The Labute approximate surface area is 135 Å². The zero-order chi connectivity index (χ0) is 16.2. The molecule has 0 fully saturated rings. The van der Waals surface area contributed by atoms with Gasteiger partial charge in [0, 0.05) is 11.8 Å². The Balaban J connectivity index is 2.04. The van der Waals surface area contributed by atoms with Gasteiger partial charge in [-0.2, -0.15) is 5.10 Å². The van der Waals surface area contributed by atoms with Crippen LogP contribution in [-0.2, 0) is 22.4 Å². The van der Waals surface area contributed by atoms with Crippen molar-refractivity contribution in [3.8, 4) is 0 Å². The lowest BCUT2D eigenvalue weighted by molar-refractivity contribution is -0.144. The molecule has 1 atom stereocenters. The number of esters is 1. The highest BCUT2D eigenvalue weighted by molar-refractivity contribution is 5.83. The molecular weight excluding hydrogens is 288 g/mol. The van der Waals surface area contributed by atoms with Gasteiger partial charge < -0.3 is 4.74 Å². The normalized spacial score (nSPS) is 12.3. The summed E-state index contributed by atoms with van der Waals surface area (Å²) in [5, 5.41) is 5.48. The number of rotatable bonds is 5. The number of carbonyl (C=O) groups is 1. The summed E-state index contributed by atoms with van der Waals surface area (Å²) in [6.07, 6.45) is 3.30. The molecule has 1 aromatic heterocycles. The summed E-state index contributed by atoms with van der Waals surface area (Å²) in [5.41, 5.74) is 3.27. The van der Waals surface area contributed by atoms with Crippen molar-refractivity contribution in [3.63, 3.8) is 0 Å². The van der Waals surface area contributed by atoms with E-state index in [0.717, 1.165) is 22.9 Å². The Hall–Kier alpha value is -2.62. The van der Waals surface area contributed by atoms with Crippen LogP contribution in [0.1, 0.15) is 24.1 Å². The summed E-state index contributed by atoms with van der Waals surface area (Å²) in [4.78, 5) is 12.3. The van der Waals surface area contributed by atoms with Gasteiger partial charge in [0.05, 0.1) is 18.8 Å². The van der Waals surface area contributed by atoms with Gasteiger partial charge in [-0.15, -0.1) is 0 Å². The highest BCUT2D eigenvalue weighted by Gasteiger charge is 2.24. The number of carbonyl (C=O) groups excluding carboxylic acids is 1. The molecule has 0 saturated heterocycles. The topological polar surface area (TPSA) is 44.1 Å². The molecule has 0 aliphatic carbocycles. The fourth-order valence-corrected chi connectivity index (χ4v) is 2.79. The third-order valence-electron chi connectivity index (χ3n) is 4.11. The van der Waals surface area contributed by atoms with Gasteiger partial charge in [0.15, 0.2) is 6.04 Å². The summed E-state index contributed by atoms with van der Waals surface area (Å²) in [6.45, 7) is 2.11. The summed E-state index contributed by atoms with van der Waals surface area (Å²) in [6, 6.07) is 15.7. The Bertz CT molecular complexity index is 809. The van der Waals surface area contributed by atoms with Gasteiger partial charge >= 0.3 is 5.97 Å². The van der Waals surface area contributed by atoms with Crippen molar-refractivity contribution in [3.05, 3.63) is 65.9 Å². The number of hydrogen-bond acceptors (Lipinski definition) is 3. The molecule has 0 N–H and O–H groups in total. The van der Waals surface area contributed by atoms with Crippen LogP contribution in [0.15, 0.2) is 54.7 Å². The number of nitrogens with zero attached hydrogens (tertiary/aromatic N) is 2. The van der Waals surface area contributed by atoms with Gasteiger partial charge in [-0.25, -0.2) is 4.79 Å². The number of aromatic nitrogens is 2. The van der Waals surface area contributed by atoms with Gasteiger partial charge in [0.25, 0.3) is 0 Å². The molecule has 4 heteroatoms. The molecule has 1 heterocycles. The highest BCUT2D eigenvalue weighted by Crippen LogP contribution is 2.23.